The van der Waals surface area contributed by atoms with Crippen LogP contribution in [-0.4, -0.2) is 6.54 Å². The van der Waals surface area contributed by atoms with Crippen LogP contribution in [0.3, 0.4) is 0 Å². The van der Waals surface area contributed by atoms with Gasteiger partial charge in [0, 0.05) is 0 Å². The Balaban J connectivity index is 2.13. The van der Waals surface area contributed by atoms with Crippen molar-refractivity contribution < 1.29 is 4.42 Å². The molecule has 0 spiro atoms. The summed E-state index contributed by atoms with van der Waals surface area (Å²) in [5, 5.41) is 3.53. The number of nitrogens with one attached hydrogen (secondary N) is 1. The van der Waals surface area contributed by atoms with E-state index in [-0.39, 0.29) is 0 Å². The summed E-state index contributed by atoms with van der Waals surface area (Å²) in [5.74, 6) is 1.94. The Morgan fingerprint density at radius 2 is 2.36 bits per heavy atom. The zero-order chi connectivity index (χ0) is 9.97. The van der Waals surface area contributed by atoms with Crippen LogP contribution in [0.1, 0.15) is 43.6 Å². The Labute approximate surface area is 85.7 Å². The fraction of sp³-hybridized carbons (Fsp3) is 0.667. The molecule has 1 aromatic heterocycles. The van der Waals surface area contributed by atoms with E-state index in [1.54, 1.807) is 6.26 Å². The fourth-order valence-corrected chi connectivity index (χ4v) is 2.17. The summed E-state index contributed by atoms with van der Waals surface area (Å²) in [5.41, 5.74) is 1.28. The highest BCUT2D eigenvalue weighted by Gasteiger charge is 2.30. The Morgan fingerprint density at radius 1 is 1.57 bits per heavy atom. The van der Waals surface area contributed by atoms with Gasteiger partial charge in [-0.25, -0.2) is 0 Å². The molecule has 14 heavy (non-hydrogen) atoms. The molecule has 0 amide bonds. The second kappa shape index (κ2) is 4.18. The van der Waals surface area contributed by atoms with E-state index in [9.17, 15) is 0 Å². The first kappa shape index (κ1) is 9.78. The Kier molecular flexibility index (Phi) is 2.92. The van der Waals surface area contributed by atoms with Gasteiger partial charge in [0.2, 0.25) is 0 Å². The molecule has 0 bridgehead atoms. The summed E-state index contributed by atoms with van der Waals surface area (Å²) in [6.45, 7) is 5.30. The van der Waals surface area contributed by atoms with Crippen LogP contribution in [0.5, 0.6) is 0 Å². The summed E-state index contributed by atoms with van der Waals surface area (Å²) in [7, 11) is 0. The molecule has 0 aromatic carbocycles. The van der Waals surface area contributed by atoms with Crippen LogP contribution in [0.15, 0.2) is 16.7 Å². The lowest BCUT2D eigenvalue weighted by atomic mass is 9.78. The summed E-state index contributed by atoms with van der Waals surface area (Å²) >= 11 is 0. The first-order valence-corrected chi connectivity index (χ1v) is 5.60. The molecular weight excluding hydrogens is 174 g/mol. The molecule has 1 saturated carbocycles. The second-order valence-corrected chi connectivity index (χ2v) is 4.19. The van der Waals surface area contributed by atoms with Crippen LogP contribution >= 0.6 is 0 Å². The zero-order valence-corrected chi connectivity index (χ0v) is 9.05. The van der Waals surface area contributed by atoms with Gasteiger partial charge in [0.15, 0.2) is 0 Å². The van der Waals surface area contributed by atoms with Crippen molar-refractivity contribution in [3.05, 3.63) is 23.7 Å². The summed E-state index contributed by atoms with van der Waals surface area (Å²) in [6.07, 6.45) is 5.87. The number of hydrogen-bond donors (Lipinski definition) is 1. The molecule has 1 aliphatic carbocycles. The lowest BCUT2D eigenvalue weighted by Gasteiger charge is -2.33. The highest BCUT2D eigenvalue weighted by atomic mass is 16.3. The normalized spacial score (nSPS) is 19.3. The van der Waals surface area contributed by atoms with Crippen molar-refractivity contribution in [2.45, 2.75) is 39.2 Å². The maximum Gasteiger partial charge on any atom is 0.123 e. The molecule has 0 aliphatic heterocycles. The van der Waals surface area contributed by atoms with Gasteiger partial charge in [-0.1, -0.05) is 13.3 Å². The fourth-order valence-electron chi connectivity index (χ4n) is 2.17. The van der Waals surface area contributed by atoms with Crippen molar-refractivity contribution in [2.24, 2.45) is 5.92 Å². The average Bonchev–Trinajstić information content (AvgIpc) is 2.47. The molecule has 1 aromatic rings. The highest BCUT2D eigenvalue weighted by molar-refractivity contribution is 5.19. The van der Waals surface area contributed by atoms with Crippen LogP contribution < -0.4 is 5.32 Å². The van der Waals surface area contributed by atoms with E-state index in [1.807, 2.05) is 0 Å². The van der Waals surface area contributed by atoms with E-state index in [2.05, 4.69) is 25.2 Å². The maximum atomic E-state index is 5.57. The van der Waals surface area contributed by atoms with Gasteiger partial charge in [0.1, 0.15) is 5.76 Å². The van der Waals surface area contributed by atoms with Crippen LogP contribution in [0.2, 0.25) is 0 Å². The standard InChI is InChI=1S/C12H19NO/c1-3-13-11(10-5-4-6-10)12-9(2)7-8-14-12/h7-8,10-11,13H,3-6H2,1-2H3. The van der Waals surface area contributed by atoms with Gasteiger partial charge in [0.05, 0.1) is 12.3 Å². The van der Waals surface area contributed by atoms with Gasteiger partial charge in [-0.05, 0) is 43.9 Å². The lowest BCUT2D eigenvalue weighted by molar-refractivity contribution is 0.209. The lowest BCUT2D eigenvalue weighted by Crippen LogP contribution is -2.32. The third-order valence-corrected chi connectivity index (χ3v) is 3.23. The molecule has 1 unspecified atom stereocenters. The minimum Gasteiger partial charge on any atom is -0.467 e. The van der Waals surface area contributed by atoms with E-state index < -0.39 is 0 Å². The average molecular weight is 193 g/mol. The van der Waals surface area contributed by atoms with Gasteiger partial charge in [0.25, 0.3) is 0 Å². The highest BCUT2D eigenvalue weighted by Crippen LogP contribution is 2.38. The number of furan rings is 1. The first-order valence-electron chi connectivity index (χ1n) is 5.60. The maximum absolute atomic E-state index is 5.57. The topological polar surface area (TPSA) is 25.2 Å². The van der Waals surface area contributed by atoms with Crippen molar-refractivity contribution >= 4 is 0 Å². The Hall–Kier alpha value is -0.760. The zero-order valence-electron chi connectivity index (χ0n) is 9.05. The Bertz CT molecular complexity index is 288. The molecule has 2 rings (SSSR count). The van der Waals surface area contributed by atoms with Crippen molar-refractivity contribution in [3.8, 4) is 0 Å². The Morgan fingerprint density at radius 3 is 2.79 bits per heavy atom. The largest absolute Gasteiger partial charge is 0.467 e. The minimum absolute atomic E-state index is 0.448. The van der Waals surface area contributed by atoms with E-state index in [1.165, 1.54) is 24.8 Å². The van der Waals surface area contributed by atoms with Crippen LogP contribution in [-0.2, 0) is 0 Å². The van der Waals surface area contributed by atoms with Crippen molar-refractivity contribution in [3.63, 3.8) is 0 Å². The summed E-state index contributed by atoms with van der Waals surface area (Å²) in [6, 6.07) is 2.50. The quantitative estimate of drug-likeness (QED) is 0.795. The summed E-state index contributed by atoms with van der Waals surface area (Å²) < 4.78 is 5.57. The number of hydrogen-bond acceptors (Lipinski definition) is 2. The molecule has 1 aliphatic rings. The molecule has 78 valence electrons. The van der Waals surface area contributed by atoms with Crippen LogP contribution in [0.25, 0.3) is 0 Å². The molecule has 1 heterocycles. The van der Waals surface area contributed by atoms with E-state index in [0.29, 0.717) is 6.04 Å². The van der Waals surface area contributed by atoms with Crippen molar-refractivity contribution in [2.75, 3.05) is 6.54 Å². The van der Waals surface area contributed by atoms with E-state index >= 15 is 0 Å². The van der Waals surface area contributed by atoms with Crippen molar-refractivity contribution in [1.82, 2.24) is 5.32 Å². The van der Waals surface area contributed by atoms with E-state index in [4.69, 9.17) is 4.42 Å². The third-order valence-electron chi connectivity index (χ3n) is 3.23. The minimum atomic E-state index is 0.448. The van der Waals surface area contributed by atoms with Gasteiger partial charge in [-0.3, -0.25) is 0 Å². The number of aryl methyl sites for hydroxylation is 1. The summed E-state index contributed by atoms with van der Waals surface area (Å²) in [4.78, 5) is 0. The monoisotopic (exact) mass is 193 g/mol. The van der Waals surface area contributed by atoms with Crippen LogP contribution in [0, 0.1) is 12.8 Å². The molecule has 0 saturated heterocycles. The van der Waals surface area contributed by atoms with Gasteiger partial charge in [-0.15, -0.1) is 0 Å². The predicted octanol–water partition coefficient (Wildman–Crippen LogP) is 3.04. The smallest absolute Gasteiger partial charge is 0.123 e. The molecule has 1 atom stereocenters. The van der Waals surface area contributed by atoms with Gasteiger partial charge < -0.3 is 9.73 Å². The number of rotatable bonds is 4. The molecule has 1 fully saturated rings. The van der Waals surface area contributed by atoms with Crippen LogP contribution in [0.4, 0.5) is 0 Å². The SMILES string of the molecule is CCNC(c1occc1C)C1CCC1. The second-order valence-electron chi connectivity index (χ2n) is 4.19. The first-order chi connectivity index (χ1) is 6.83. The molecule has 0 radical (unpaired) electrons. The molecule has 1 N–H and O–H groups in total. The van der Waals surface area contributed by atoms with Gasteiger partial charge in [-0.2, -0.15) is 0 Å². The molecular formula is C12H19NO. The molecule has 2 nitrogen and oxygen atoms in total. The third kappa shape index (κ3) is 1.71. The van der Waals surface area contributed by atoms with Gasteiger partial charge >= 0.3 is 0 Å². The van der Waals surface area contributed by atoms with Crippen molar-refractivity contribution in [1.29, 1.82) is 0 Å². The molecule has 2 heteroatoms. The van der Waals surface area contributed by atoms with E-state index in [0.717, 1.165) is 18.2 Å². The predicted molar refractivity (Wildman–Crippen MR) is 57.2 cm³/mol.